The first-order chi connectivity index (χ1) is 9.56. The Hall–Kier alpha value is -1.22. The highest BCUT2D eigenvalue weighted by molar-refractivity contribution is 14.1. The average molecular weight is 406 g/mol. The summed E-state index contributed by atoms with van der Waals surface area (Å²) in [4.78, 5) is 16.7. The minimum atomic E-state index is -0.305. The predicted octanol–water partition coefficient (Wildman–Crippen LogP) is 3.00. The van der Waals surface area contributed by atoms with Crippen molar-refractivity contribution in [3.05, 3.63) is 43.7 Å². The minimum Gasteiger partial charge on any atom is -0.492 e. The number of ether oxygens (including phenoxy) is 1. The standard InChI is InChI=1S/C13H12FIN2O2S/c1-8-11(20-13(15)17-8)12(18)16-6-7-19-10-4-2-9(14)3-5-10/h2-5H,6-7H2,1H3,(H,16,18). The predicted molar refractivity (Wildman–Crippen MR) is 83.8 cm³/mol. The number of aryl methyl sites for hydroxylation is 1. The van der Waals surface area contributed by atoms with Gasteiger partial charge in [0.15, 0.2) is 3.01 Å². The third kappa shape index (κ3) is 4.14. The Morgan fingerprint density at radius 1 is 1.45 bits per heavy atom. The van der Waals surface area contributed by atoms with Crippen LogP contribution in [-0.4, -0.2) is 24.0 Å². The second-order valence-electron chi connectivity index (χ2n) is 3.94. The number of carbonyl (C=O) groups is 1. The summed E-state index contributed by atoms with van der Waals surface area (Å²) < 4.78 is 18.9. The van der Waals surface area contributed by atoms with Gasteiger partial charge in [0.1, 0.15) is 23.1 Å². The number of hydrogen-bond donors (Lipinski definition) is 1. The van der Waals surface area contributed by atoms with Crippen molar-refractivity contribution in [2.75, 3.05) is 13.2 Å². The Bertz CT molecular complexity index is 601. The Morgan fingerprint density at radius 2 is 2.15 bits per heavy atom. The van der Waals surface area contributed by atoms with Crippen molar-refractivity contribution < 1.29 is 13.9 Å². The number of carbonyl (C=O) groups excluding carboxylic acids is 1. The normalized spacial score (nSPS) is 10.3. The molecule has 106 valence electrons. The third-order valence-corrected chi connectivity index (χ3v) is 4.29. The number of hydrogen-bond acceptors (Lipinski definition) is 4. The SMILES string of the molecule is Cc1nc(I)sc1C(=O)NCCOc1ccc(F)cc1. The molecule has 0 aliphatic carbocycles. The molecule has 2 aromatic rings. The first-order valence-corrected chi connectivity index (χ1v) is 7.75. The lowest BCUT2D eigenvalue weighted by Crippen LogP contribution is -2.27. The molecule has 0 radical (unpaired) electrons. The first kappa shape index (κ1) is 15.2. The van der Waals surface area contributed by atoms with E-state index in [4.69, 9.17) is 4.74 Å². The van der Waals surface area contributed by atoms with E-state index in [1.54, 1.807) is 12.1 Å². The van der Waals surface area contributed by atoms with Crippen molar-refractivity contribution in [1.82, 2.24) is 10.3 Å². The molecule has 0 atom stereocenters. The van der Waals surface area contributed by atoms with Gasteiger partial charge < -0.3 is 10.1 Å². The molecule has 0 aliphatic heterocycles. The van der Waals surface area contributed by atoms with E-state index in [1.165, 1.54) is 23.5 Å². The smallest absolute Gasteiger partial charge is 0.263 e. The van der Waals surface area contributed by atoms with Crippen LogP contribution in [0.1, 0.15) is 15.4 Å². The molecule has 0 fully saturated rings. The van der Waals surface area contributed by atoms with Gasteiger partial charge in [-0.25, -0.2) is 9.37 Å². The number of benzene rings is 1. The van der Waals surface area contributed by atoms with Crippen LogP contribution >= 0.6 is 33.9 Å². The maximum atomic E-state index is 12.7. The van der Waals surface area contributed by atoms with E-state index in [2.05, 4.69) is 32.9 Å². The molecule has 1 amide bonds. The van der Waals surface area contributed by atoms with Crippen molar-refractivity contribution in [3.8, 4) is 5.75 Å². The largest absolute Gasteiger partial charge is 0.492 e. The van der Waals surface area contributed by atoms with Crippen LogP contribution in [0, 0.1) is 15.8 Å². The quantitative estimate of drug-likeness (QED) is 0.614. The molecule has 0 bridgehead atoms. The highest BCUT2D eigenvalue weighted by atomic mass is 127. The van der Waals surface area contributed by atoms with Crippen molar-refractivity contribution in [1.29, 1.82) is 0 Å². The molecular weight excluding hydrogens is 394 g/mol. The number of nitrogens with zero attached hydrogens (tertiary/aromatic N) is 1. The molecule has 1 aromatic carbocycles. The van der Waals surface area contributed by atoms with Crippen LogP contribution in [0.5, 0.6) is 5.75 Å². The molecule has 1 heterocycles. The molecule has 1 N–H and O–H groups in total. The van der Waals surface area contributed by atoms with Crippen molar-refractivity contribution in [2.24, 2.45) is 0 Å². The van der Waals surface area contributed by atoms with Crippen molar-refractivity contribution >= 4 is 39.8 Å². The number of thiazole rings is 1. The number of aromatic nitrogens is 1. The second-order valence-corrected chi connectivity index (χ2v) is 6.69. The Kier molecular flexibility index (Phi) is 5.30. The molecule has 7 heteroatoms. The van der Waals surface area contributed by atoms with Crippen LogP contribution in [0.4, 0.5) is 4.39 Å². The maximum absolute atomic E-state index is 12.7. The number of halogens is 2. The summed E-state index contributed by atoms with van der Waals surface area (Å²) >= 11 is 3.45. The highest BCUT2D eigenvalue weighted by Gasteiger charge is 2.13. The van der Waals surface area contributed by atoms with Gasteiger partial charge in [-0.1, -0.05) is 0 Å². The summed E-state index contributed by atoms with van der Waals surface area (Å²) in [6, 6.07) is 5.76. The summed E-state index contributed by atoms with van der Waals surface area (Å²) in [5.74, 6) is 0.121. The van der Waals surface area contributed by atoms with Crippen LogP contribution in [0.3, 0.4) is 0 Å². The van der Waals surface area contributed by atoms with Gasteiger partial charge in [0.05, 0.1) is 12.2 Å². The fraction of sp³-hybridized carbons (Fsp3) is 0.231. The minimum absolute atomic E-state index is 0.148. The lowest BCUT2D eigenvalue weighted by Gasteiger charge is -2.07. The van der Waals surface area contributed by atoms with Crippen LogP contribution in [0.25, 0.3) is 0 Å². The van der Waals surface area contributed by atoms with Gasteiger partial charge in [-0.2, -0.15) is 0 Å². The molecule has 0 saturated heterocycles. The second kappa shape index (κ2) is 6.98. The van der Waals surface area contributed by atoms with E-state index in [-0.39, 0.29) is 11.7 Å². The first-order valence-electron chi connectivity index (χ1n) is 5.86. The molecule has 0 aliphatic rings. The highest BCUT2D eigenvalue weighted by Crippen LogP contribution is 2.19. The van der Waals surface area contributed by atoms with Crippen LogP contribution in [-0.2, 0) is 0 Å². The zero-order valence-electron chi connectivity index (χ0n) is 10.7. The summed E-state index contributed by atoms with van der Waals surface area (Å²) in [5, 5.41) is 2.76. The van der Waals surface area contributed by atoms with Crippen molar-refractivity contribution in [2.45, 2.75) is 6.92 Å². The topological polar surface area (TPSA) is 51.2 Å². The Morgan fingerprint density at radius 3 is 2.75 bits per heavy atom. The zero-order chi connectivity index (χ0) is 14.5. The van der Waals surface area contributed by atoms with E-state index in [9.17, 15) is 9.18 Å². The molecule has 2 rings (SSSR count). The average Bonchev–Trinajstić information content (AvgIpc) is 2.75. The van der Waals surface area contributed by atoms with Crippen molar-refractivity contribution in [3.63, 3.8) is 0 Å². The van der Waals surface area contributed by atoms with Crippen LogP contribution in [0.15, 0.2) is 24.3 Å². The summed E-state index contributed by atoms with van der Waals surface area (Å²) in [6.45, 7) is 2.51. The van der Waals surface area contributed by atoms with E-state index in [1.807, 2.05) is 6.92 Å². The monoisotopic (exact) mass is 406 g/mol. The Labute approximate surface area is 133 Å². The van der Waals surface area contributed by atoms with Gasteiger partial charge in [0, 0.05) is 0 Å². The number of rotatable bonds is 5. The molecular formula is C13H12FIN2O2S. The summed E-state index contributed by atoms with van der Waals surface area (Å²) in [7, 11) is 0. The molecule has 1 aromatic heterocycles. The summed E-state index contributed by atoms with van der Waals surface area (Å²) in [6.07, 6.45) is 0. The van der Waals surface area contributed by atoms with Gasteiger partial charge in [0.25, 0.3) is 5.91 Å². The molecule has 20 heavy (non-hydrogen) atoms. The van der Waals surface area contributed by atoms with Gasteiger partial charge in [-0.05, 0) is 53.8 Å². The summed E-state index contributed by atoms with van der Waals surface area (Å²) in [5.41, 5.74) is 0.733. The maximum Gasteiger partial charge on any atom is 0.263 e. The number of nitrogens with one attached hydrogen (secondary N) is 1. The van der Waals surface area contributed by atoms with E-state index in [0.717, 1.165) is 8.71 Å². The lowest BCUT2D eigenvalue weighted by atomic mass is 10.3. The third-order valence-electron chi connectivity index (χ3n) is 2.45. The zero-order valence-corrected chi connectivity index (χ0v) is 13.6. The molecule has 0 spiro atoms. The van der Waals surface area contributed by atoms with Gasteiger partial charge >= 0.3 is 0 Å². The van der Waals surface area contributed by atoms with Crippen LogP contribution < -0.4 is 10.1 Å². The molecule has 0 saturated carbocycles. The van der Waals surface area contributed by atoms with Gasteiger partial charge in [-0.3, -0.25) is 4.79 Å². The van der Waals surface area contributed by atoms with Gasteiger partial charge in [-0.15, -0.1) is 11.3 Å². The van der Waals surface area contributed by atoms with Crippen LogP contribution in [0.2, 0.25) is 0 Å². The number of amides is 1. The Balaban J connectivity index is 1.77. The van der Waals surface area contributed by atoms with E-state index >= 15 is 0 Å². The van der Waals surface area contributed by atoms with Gasteiger partial charge in [0.2, 0.25) is 0 Å². The molecule has 4 nitrogen and oxygen atoms in total. The fourth-order valence-electron chi connectivity index (χ4n) is 1.52. The fourth-order valence-corrected chi connectivity index (χ4v) is 3.25. The lowest BCUT2D eigenvalue weighted by molar-refractivity contribution is 0.0950. The molecule has 0 unspecified atom stereocenters. The van der Waals surface area contributed by atoms with E-state index < -0.39 is 0 Å². The van der Waals surface area contributed by atoms with E-state index in [0.29, 0.717) is 23.8 Å².